The van der Waals surface area contributed by atoms with Crippen LogP contribution in [0.25, 0.3) is 0 Å². The fraction of sp³-hybridized carbons (Fsp3) is 0.300. The van der Waals surface area contributed by atoms with Gasteiger partial charge in [-0.25, -0.2) is 0 Å². The van der Waals surface area contributed by atoms with Gasteiger partial charge in [-0.2, -0.15) is 0 Å². The molecule has 2 rings (SSSR count). The third-order valence-corrected chi connectivity index (χ3v) is 4.06. The number of nitrogens with one attached hydrogen (secondary N) is 1. The second-order valence-corrected chi connectivity index (χ2v) is 6.04. The average Bonchev–Trinajstić information content (AvgIpc) is 2.62. The van der Waals surface area contributed by atoms with Gasteiger partial charge in [-0.3, -0.25) is 19.7 Å². The Labute approximate surface area is 117 Å². The standard InChI is InChI=1S/C10H8Cl2N2O3S/c1-4-9(16)13-7(15)3-14(4)10(17)5-2-6(11)18-8(5)12/h2,4H,3H2,1H3,(H,13,15,16). The fourth-order valence-corrected chi connectivity index (χ4v) is 3.05. The molecule has 5 nitrogen and oxygen atoms in total. The molecular formula is C10H8Cl2N2O3S. The molecule has 1 aliphatic rings. The van der Waals surface area contributed by atoms with Crippen LogP contribution in [0.4, 0.5) is 0 Å². The van der Waals surface area contributed by atoms with Crippen LogP contribution in [0.1, 0.15) is 17.3 Å². The number of rotatable bonds is 1. The fourth-order valence-electron chi connectivity index (χ4n) is 1.60. The number of hydrogen-bond acceptors (Lipinski definition) is 4. The molecule has 3 amide bonds. The van der Waals surface area contributed by atoms with E-state index in [2.05, 4.69) is 5.32 Å². The molecule has 1 fully saturated rings. The van der Waals surface area contributed by atoms with Gasteiger partial charge in [-0.1, -0.05) is 23.2 Å². The monoisotopic (exact) mass is 306 g/mol. The van der Waals surface area contributed by atoms with Crippen molar-refractivity contribution in [2.45, 2.75) is 13.0 Å². The molecule has 8 heteroatoms. The summed E-state index contributed by atoms with van der Waals surface area (Å²) < 4.78 is 0.624. The molecule has 1 aliphatic heterocycles. The second kappa shape index (κ2) is 4.87. The summed E-state index contributed by atoms with van der Waals surface area (Å²) in [7, 11) is 0. The minimum atomic E-state index is -0.718. The number of halogens is 2. The van der Waals surface area contributed by atoms with Crippen molar-refractivity contribution in [2.24, 2.45) is 0 Å². The van der Waals surface area contributed by atoms with Crippen LogP contribution in [0.5, 0.6) is 0 Å². The Kier molecular flexibility index (Phi) is 3.61. The molecule has 18 heavy (non-hydrogen) atoms. The maximum absolute atomic E-state index is 12.2. The molecule has 2 heterocycles. The molecule has 1 N–H and O–H groups in total. The molecule has 1 unspecified atom stereocenters. The van der Waals surface area contributed by atoms with E-state index in [4.69, 9.17) is 23.2 Å². The molecule has 1 aromatic rings. The van der Waals surface area contributed by atoms with Crippen molar-refractivity contribution < 1.29 is 14.4 Å². The molecule has 0 aliphatic carbocycles. The zero-order valence-electron chi connectivity index (χ0n) is 9.20. The van der Waals surface area contributed by atoms with Crippen LogP contribution in [0.2, 0.25) is 8.67 Å². The maximum atomic E-state index is 12.2. The number of nitrogens with zero attached hydrogens (tertiary/aromatic N) is 1. The molecular weight excluding hydrogens is 299 g/mol. The van der Waals surface area contributed by atoms with Gasteiger partial charge in [0.15, 0.2) is 0 Å². The van der Waals surface area contributed by atoms with Crippen LogP contribution in [-0.4, -0.2) is 35.2 Å². The number of carbonyl (C=O) groups excluding carboxylic acids is 3. The molecule has 0 aromatic carbocycles. The normalized spacial score (nSPS) is 19.9. The number of carbonyl (C=O) groups is 3. The van der Waals surface area contributed by atoms with Crippen molar-refractivity contribution in [1.82, 2.24) is 10.2 Å². The Hall–Kier alpha value is -1.11. The van der Waals surface area contributed by atoms with Gasteiger partial charge in [0.2, 0.25) is 11.8 Å². The summed E-state index contributed by atoms with van der Waals surface area (Å²) in [6.07, 6.45) is 0. The van der Waals surface area contributed by atoms with Gasteiger partial charge in [0, 0.05) is 0 Å². The lowest BCUT2D eigenvalue weighted by molar-refractivity contribution is -0.138. The molecule has 0 bridgehead atoms. The van der Waals surface area contributed by atoms with E-state index in [-0.39, 0.29) is 16.4 Å². The smallest absolute Gasteiger partial charge is 0.257 e. The summed E-state index contributed by atoms with van der Waals surface area (Å²) in [5.41, 5.74) is 0.209. The first-order valence-electron chi connectivity index (χ1n) is 4.99. The van der Waals surface area contributed by atoms with Crippen LogP contribution in [0.3, 0.4) is 0 Å². The highest BCUT2D eigenvalue weighted by atomic mass is 35.5. The SMILES string of the molecule is CC1C(=O)NC(=O)CN1C(=O)c1cc(Cl)sc1Cl. The van der Waals surface area contributed by atoms with E-state index in [0.717, 1.165) is 11.3 Å². The van der Waals surface area contributed by atoms with E-state index in [1.807, 2.05) is 0 Å². The Balaban J connectivity index is 2.30. The Morgan fingerprint density at radius 1 is 1.50 bits per heavy atom. The zero-order valence-corrected chi connectivity index (χ0v) is 11.5. The van der Waals surface area contributed by atoms with Crippen molar-refractivity contribution in [2.75, 3.05) is 6.54 Å². The summed E-state index contributed by atoms with van der Waals surface area (Å²) in [6, 6.07) is 0.714. The molecule has 0 radical (unpaired) electrons. The molecule has 0 saturated carbocycles. The van der Waals surface area contributed by atoms with Crippen molar-refractivity contribution in [3.05, 3.63) is 20.3 Å². The summed E-state index contributed by atoms with van der Waals surface area (Å²) in [6.45, 7) is 1.37. The zero-order chi connectivity index (χ0) is 13.4. The van der Waals surface area contributed by atoms with Gasteiger partial charge in [0.25, 0.3) is 5.91 Å². The minimum absolute atomic E-state index is 0.171. The molecule has 1 aromatic heterocycles. The number of amides is 3. The number of piperazine rings is 1. The predicted molar refractivity (Wildman–Crippen MR) is 68.0 cm³/mol. The topological polar surface area (TPSA) is 66.5 Å². The maximum Gasteiger partial charge on any atom is 0.257 e. The lowest BCUT2D eigenvalue weighted by Gasteiger charge is -2.31. The largest absolute Gasteiger partial charge is 0.317 e. The molecule has 0 spiro atoms. The van der Waals surface area contributed by atoms with Gasteiger partial charge in [0.05, 0.1) is 9.90 Å². The van der Waals surface area contributed by atoms with E-state index in [1.54, 1.807) is 6.92 Å². The van der Waals surface area contributed by atoms with Crippen molar-refractivity contribution in [3.63, 3.8) is 0 Å². The lowest BCUT2D eigenvalue weighted by Crippen LogP contribution is -2.58. The minimum Gasteiger partial charge on any atom is -0.317 e. The van der Waals surface area contributed by atoms with E-state index in [0.29, 0.717) is 4.34 Å². The van der Waals surface area contributed by atoms with Crippen LogP contribution in [0, 0.1) is 0 Å². The second-order valence-electron chi connectivity index (χ2n) is 3.76. The van der Waals surface area contributed by atoms with E-state index in [9.17, 15) is 14.4 Å². The third kappa shape index (κ3) is 2.36. The number of thiophene rings is 1. The number of hydrogen-bond donors (Lipinski definition) is 1. The quantitative estimate of drug-likeness (QED) is 0.800. The Bertz CT molecular complexity index is 543. The average molecular weight is 307 g/mol. The molecule has 1 atom stereocenters. The van der Waals surface area contributed by atoms with E-state index >= 15 is 0 Å². The molecule has 1 saturated heterocycles. The highest BCUT2D eigenvalue weighted by Crippen LogP contribution is 2.32. The lowest BCUT2D eigenvalue weighted by atomic mass is 10.1. The first-order chi connectivity index (χ1) is 8.40. The summed E-state index contributed by atoms with van der Waals surface area (Å²) in [5.74, 6) is -1.49. The Morgan fingerprint density at radius 3 is 2.72 bits per heavy atom. The van der Waals surface area contributed by atoms with E-state index < -0.39 is 23.8 Å². The molecule has 96 valence electrons. The van der Waals surface area contributed by atoms with Crippen molar-refractivity contribution in [1.29, 1.82) is 0 Å². The highest BCUT2D eigenvalue weighted by Gasteiger charge is 2.35. The van der Waals surface area contributed by atoms with Crippen molar-refractivity contribution >= 4 is 52.3 Å². The van der Waals surface area contributed by atoms with Crippen LogP contribution in [-0.2, 0) is 9.59 Å². The van der Waals surface area contributed by atoms with E-state index in [1.165, 1.54) is 11.0 Å². The summed E-state index contributed by atoms with van der Waals surface area (Å²) >= 11 is 12.7. The summed E-state index contributed by atoms with van der Waals surface area (Å²) in [4.78, 5) is 36.1. The first kappa shape index (κ1) is 13.3. The van der Waals surface area contributed by atoms with Gasteiger partial charge < -0.3 is 4.90 Å². The highest BCUT2D eigenvalue weighted by molar-refractivity contribution is 7.20. The Morgan fingerprint density at radius 2 is 2.17 bits per heavy atom. The van der Waals surface area contributed by atoms with Gasteiger partial charge >= 0.3 is 0 Å². The van der Waals surface area contributed by atoms with Gasteiger partial charge in [-0.15, -0.1) is 11.3 Å². The van der Waals surface area contributed by atoms with Gasteiger partial charge in [0.1, 0.15) is 16.9 Å². The first-order valence-corrected chi connectivity index (χ1v) is 6.57. The van der Waals surface area contributed by atoms with Crippen LogP contribution in [0.15, 0.2) is 6.07 Å². The van der Waals surface area contributed by atoms with Crippen LogP contribution < -0.4 is 5.32 Å². The van der Waals surface area contributed by atoms with Crippen molar-refractivity contribution in [3.8, 4) is 0 Å². The predicted octanol–water partition coefficient (Wildman–Crippen LogP) is 1.54. The van der Waals surface area contributed by atoms with Crippen LogP contribution >= 0.6 is 34.5 Å². The number of imide groups is 1. The third-order valence-electron chi connectivity index (χ3n) is 2.57. The summed E-state index contributed by atoms with van der Waals surface area (Å²) in [5, 5.41) is 2.16. The van der Waals surface area contributed by atoms with Gasteiger partial charge in [-0.05, 0) is 13.0 Å².